The lowest BCUT2D eigenvalue weighted by Gasteiger charge is -2.56. The van der Waals surface area contributed by atoms with E-state index in [1.165, 1.54) is 5.32 Å². The van der Waals surface area contributed by atoms with E-state index >= 15 is 0 Å². The third-order valence-electron chi connectivity index (χ3n) is 7.12. The fourth-order valence-corrected chi connectivity index (χ4v) is 6.13. The lowest BCUT2D eigenvalue weighted by Crippen LogP contribution is -2.75. The lowest BCUT2D eigenvalue weighted by atomic mass is 9.54. The van der Waals surface area contributed by atoms with Crippen molar-refractivity contribution < 1.29 is 40.3 Å². The van der Waals surface area contributed by atoms with Crippen LogP contribution in [-0.4, -0.2) is 42.7 Å². The molecule has 184 valence electrons. The van der Waals surface area contributed by atoms with Gasteiger partial charge in [-0.05, 0) is 74.5 Å². The van der Waals surface area contributed by atoms with Gasteiger partial charge in [0.15, 0.2) is 0 Å². The summed E-state index contributed by atoms with van der Waals surface area (Å²) in [6, 6.07) is 3.41. The van der Waals surface area contributed by atoms with E-state index in [1.54, 1.807) is 0 Å². The number of halogens is 7. The van der Waals surface area contributed by atoms with Crippen LogP contribution in [-0.2, 0) is 4.74 Å². The SMILES string of the molecule is O=C(NC(NCCOC12CC3CC(CC(C3)C1)C2)(C(F)(F)F)C(F)(F)F)c1cccc(F)c1. The van der Waals surface area contributed by atoms with Gasteiger partial charge in [-0.3, -0.25) is 10.1 Å². The van der Waals surface area contributed by atoms with E-state index in [4.69, 9.17) is 4.74 Å². The fourth-order valence-electron chi connectivity index (χ4n) is 6.13. The Hall–Kier alpha value is -1.88. The Morgan fingerprint density at radius 2 is 1.52 bits per heavy atom. The molecule has 2 N–H and O–H groups in total. The molecule has 1 aromatic carbocycles. The van der Waals surface area contributed by atoms with Crippen LogP contribution in [0.4, 0.5) is 30.7 Å². The van der Waals surface area contributed by atoms with Crippen LogP contribution in [0.25, 0.3) is 0 Å². The van der Waals surface area contributed by atoms with E-state index in [-0.39, 0.29) is 6.61 Å². The standard InChI is InChI=1S/C22H25F7N2O2/c23-17-3-1-2-16(9-17)18(32)31-20(21(24,25)26,22(27,28)29)30-4-5-33-19-10-13-6-14(11-19)8-15(7-13)12-19/h1-3,9,13-15,30H,4-8,10-12H2,(H,31,32). The number of nitrogens with one attached hydrogen (secondary N) is 2. The van der Waals surface area contributed by atoms with Crippen molar-refractivity contribution in [3.05, 3.63) is 35.6 Å². The van der Waals surface area contributed by atoms with Crippen molar-refractivity contribution in [2.45, 2.75) is 62.1 Å². The Morgan fingerprint density at radius 1 is 0.970 bits per heavy atom. The number of hydrogen-bond donors (Lipinski definition) is 2. The number of ether oxygens (including phenoxy) is 1. The van der Waals surface area contributed by atoms with Crippen LogP contribution in [0.3, 0.4) is 0 Å². The zero-order chi connectivity index (χ0) is 24.1. The van der Waals surface area contributed by atoms with Crippen molar-refractivity contribution in [2.75, 3.05) is 13.2 Å². The minimum Gasteiger partial charge on any atom is -0.374 e. The number of hydrogen-bond acceptors (Lipinski definition) is 3. The number of amides is 1. The average molecular weight is 482 g/mol. The lowest BCUT2D eigenvalue weighted by molar-refractivity contribution is -0.314. The maximum Gasteiger partial charge on any atom is 0.434 e. The van der Waals surface area contributed by atoms with E-state index < -0.39 is 47.4 Å². The summed E-state index contributed by atoms with van der Waals surface area (Å²) in [6.07, 6.45) is -6.19. The van der Waals surface area contributed by atoms with Crippen LogP contribution in [0, 0.1) is 23.6 Å². The molecule has 0 aliphatic heterocycles. The van der Waals surface area contributed by atoms with Crippen LogP contribution in [0.1, 0.15) is 48.9 Å². The van der Waals surface area contributed by atoms with E-state index in [0.717, 1.165) is 62.0 Å². The maximum atomic E-state index is 13.8. The van der Waals surface area contributed by atoms with Crippen LogP contribution >= 0.6 is 0 Å². The zero-order valence-electron chi connectivity index (χ0n) is 17.7. The summed E-state index contributed by atoms with van der Waals surface area (Å²) in [7, 11) is 0. The van der Waals surface area contributed by atoms with E-state index in [0.29, 0.717) is 23.8 Å². The summed E-state index contributed by atoms with van der Waals surface area (Å²) in [5.41, 5.74) is -5.87. The van der Waals surface area contributed by atoms with Gasteiger partial charge in [0.1, 0.15) is 5.82 Å². The molecule has 4 fully saturated rings. The number of carbonyl (C=O) groups excluding carboxylic acids is 1. The van der Waals surface area contributed by atoms with Crippen LogP contribution in [0.2, 0.25) is 0 Å². The second-order valence-corrected chi connectivity index (χ2v) is 9.59. The molecule has 4 saturated carbocycles. The first-order valence-corrected chi connectivity index (χ1v) is 10.9. The zero-order valence-corrected chi connectivity index (χ0v) is 17.7. The minimum absolute atomic E-state index is 0.365. The van der Waals surface area contributed by atoms with Crippen molar-refractivity contribution in [2.24, 2.45) is 17.8 Å². The Morgan fingerprint density at radius 3 is 2.00 bits per heavy atom. The molecular weight excluding hydrogens is 457 g/mol. The molecule has 33 heavy (non-hydrogen) atoms. The third-order valence-corrected chi connectivity index (χ3v) is 7.12. The Kier molecular flexibility index (Phi) is 6.18. The molecule has 4 aliphatic carbocycles. The molecule has 5 rings (SSSR count). The molecule has 0 radical (unpaired) electrons. The highest BCUT2D eigenvalue weighted by atomic mass is 19.4. The molecule has 0 atom stereocenters. The molecule has 1 aromatic rings. The summed E-state index contributed by atoms with van der Waals surface area (Å²) in [4.78, 5) is 12.2. The normalized spacial score (nSPS) is 29.4. The third kappa shape index (κ3) is 4.71. The van der Waals surface area contributed by atoms with Gasteiger partial charge in [0.2, 0.25) is 0 Å². The molecular formula is C22H25F7N2O2. The highest BCUT2D eigenvalue weighted by Gasteiger charge is 2.72. The van der Waals surface area contributed by atoms with Gasteiger partial charge in [-0.25, -0.2) is 4.39 Å². The smallest absolute Gasteiger partial charge is 0.374 e. The number of alkyl halides is 6. The number of benzene rings is 1. The van der Waals surface area contributed by atoms with Crippen molar-refractivity contribution >= 4 is 5.91 Å². The first-order chi connectivity index (χ1) is 15.3. The van der Waals surface area contributed by atoms with E-state index in [9.17, 15) is 35.5 Å². The topological polar surface area (TPSA) is 50.4 Å². The average Bonchev–Trinajstić information content (AvgIpc) is 2.67. The van der Waals surface area contributed by atoms with Crippen LogP contribution < -0.4 is 10.6 Å². The highest BCUT2D eigenvalue weighted by molar-refractivity contribution is 5.94. The van der Waals surface area contributed by atoms with E-state index in [1.807, 2.05) is 0 Å². The number of carbonyl (C=O) groups is 1. The van der Waals surface area contributed by atoms with Gasteiger partial charge in [0, 0.05) is 12.1 Å². The van der Waals surface area contributed by atoms with Gasteiger partial charge in [-0.2, -0.15) is 26.3 Å². The van der Waals surface area contributed by atoms with Crippen molar-refractivity contribution in [1.29, 1.82) is 0 Å². The molecule has 1 amide bonds. The molecule has 4 bridgehead atoms. The molecule has 0 heterocycles. The molecule has 0 unspecified atom stereocenters. The largest absolute Gasteiger partial charge is 0.434 e. The predicted octanol–water partition coefficient (Wildman–Crippen LogP) is 4.95. The highest BCUT2D eigenvalue weighted by Crippen LogP contribution is 2.57. The van der Waals surface area contributed by atoms with Gasteiger partial charge in [-0.1, -0.05) is 6.07 Å². The summed E-state index contributed by atoms with van der Waals surface area (Å²) in [5, 5.41) is 2.49. The monoisotopic (exact) mass is 482 g/mol. The predicted molar refractivity (Wildman–Crippen MR) is 104 cm³/mol. The second kappa shape index (κ2) is 8.41. The van der Waals surface area contributed by atoms with Gasteiger partial charge < -0.3 is 10.1 Å². The van der Waals surface area contributed by atoms with E-state index in [2.05, 4.69) is 0 Å². The summed E-state index contributed by atoms with van der Waals surface area (Å²) >= 11 is 0. The molecule has 4 aliphatic rings. The maximum absolute atomic E-state index is 13.8. The van der Waals surface area contributed by atoms with Gasteiger partial charge in [0.25, 0.3) is 11.6 Å². The van der Waals surface area contributed by atoms with Gasteiger partial charge in [-0.15, -0.1) is 0 Å². The minimum atomic E-state index is -5.92. The molecule has 0 aromatic heterocycles. The Labute approximate surface area is 186 Å². The molecule has 0 saturated heterocycles. The molecule has 11 heteroatoms. The van der Waals surface area contributed by atoms with Crippen molar-refractivity contribution in [1.82, 2.24) is 10.6 Å². The van der Waals surface area contributed by atoms with Crippen LogP contribution in [0.15, 0.2) is 24.3 Å². The summed E-state index contributed by atoms with van der Waals surface area (Å²) < 4.78 is 102. The van der Waals surface area contributed by atoms with Gasteiger partial charge >= 0.3 is 12.4 Å². The molecule has 4 nitrogen and oxygen atoms in total. The van der Waals surface area contributed by atoms with Gasteiger partial charge in [0.05, 0.1) is 12.2 Å². The van der Waals surface area contributed by atoms with Crippen molar-refractivity contribution in [3.8, 4) is 0 Å². The summed E-state index contributed by atoms with van der Waals surface area (Å²) in [5.74, 6) is -1.18. The first-order valence-electron chi connectivity index (χ1n) is 10.9. The Balaban J connectivity index is 1.46. The fraction of sp³-hybridized carbons (Fsp3) is 0.682. The number of rotatable bonds is 7. The molecule has 0 spiro atoms. The first kappa shape index (κ1) is 24.3. The van der Waals surface area contributed by atoms with Crippen LogP contribution in [0.5, 0.6) is 0 Å². The quantitative estimate of drug-likeness (QED) is 0.329. The Bertz CT molecular complexity index is 835. The second-order valence-electron chi connectivity index (χ2n) is 9.59. The summed E-state index contributed by atoms with van der Waals surface area (Å²) in [6.45, 7) is -1.15. The van der Waals surface area contributed by atoms with Crippen molar-refractivity contribution in [3.63, 3.8) is 0 Å².